The van der Waals surface area contributed by atoms with Crippen LogP contribution in [0.3, 0.4) is 0 Å². The van der Waals surface area contributed by atoms with E-state index < -0.39 is 23.4 Å². The van der Waals surface area contributed by atoms with E-state index in [1.165, 1.54) is 0 Å². The van der Waals surface area contributed by atoms with Gasteiger partial charge in [-0.05, 0) is 78.9 Å². The van der Waals surface area contributed by atoms with E-state index in [1.54, 1.807) is 24.3 Å². The highest BCUT2D eigenvalue weighted by molar-refractivity contribution is 6.16. The van der Waals surface area contributed by atoms with E-state index in [4.69, 9.17) is 4.74 Å². The zero-order valence-corrected chi connectivity index (χ0v) is 25.7. The highest BCUT2D eigenvalue weighted by Gasteiger charge is 2.70. The van der Waals surface area contributed by atoms with Crippen LogP contribution in [0.5, 0.6) is 5.75 Å². The van der Waals surface area contributed by atoms with Crippen LogP contribution in [0.15, 0.2) is 103 Å². The van der Waals surface area contributed by atoms with Crippen LogP contribution in [-0.2, 0) is 16.6 Å². The average molecular weight is 597 g/mol. The van der Waals surface area contributed by atoms with Crippen molar-refractivity contribution in [1.82, 2.24) is 4.90 Å². The molecule has 6 heteroatoms. The van der Waals surface area contributed by atoms with Gasteiger partial charge in [-0.3, -0.25) is 14.4 Å². The number of hydrogen-bond donors (Lipinski definition) is 1. The van der Waals surface area contributed by atoms with Crippen LogP contribution in [0.2, 0.25) is 0 Å². The van der Waals surface area contributed by atoms with Crippen LogP contribution in [-0.4, -0.2) is 34.5 Å². The number of nitrogens with one attached hydrogen (secondary N) is 1. The van der Waals surface area contributed by atoms with E-state index in [0.29, 0.717) is 22.6 Å². The highest BCUT2D eigenvalue weighted by Crippen LogP contribution is 2.62. The van der Waals surface area contributed by atoms with Crippen molar-refractivity contribution in [2.45, 2.75) is 57.2 Å². The first-order valence-electron chi connectivity index (χ1n) is 15.7. The Morgan fingerprint density at radius 1 is 0.867 bits per heavy atom. The Balaban J connectivity index is 1.45. The third-order valence-electron chi connectivity index (χ3n) is 9.41. The Morgan fingerprint density at radius 2 is 1.53 bits per heavy atom. The second kappa shape index (κ2) is 11.2. The third kappa shape index (κ3) is 4.50. The lowest BCUT2D eigenvalue weighted by atomic mass is 9.62. The number of para-hydroxylation sites is 1. The van der Waals surface area contributed by atoms with E-state index in [9.17, 15) is 9.59 Å². The number of nitrogens with zero attached hydrogens (tertiary/aromatic N) is 1. The van der Waals surface area contributed by atoms with Gasteiger partial charge in [0.25, 0.3) is 0 Å². The largest absolute Gasteiger partial charge is 0.491 e. The van der Waals surface area contributed by atoms with Gasteiger partial charge in [0.05, 0.1) is 18.1 Å². The molecule has 1 fully saturated rings. The number of amides is 1. The van der Waals surface area contributed by atoms with E-state index in [-0.39, 0.29) is 23.6 Å². The van der Waals surface area contributed by atoms with E-state index in [0.717, 1.165) is 35.1 Å². The minimum atomic E-state index is -1.35. The molecule has 226 valence electrons. The predicted molar refractivity (Wildman–Crippen MR) is 175 cm³/mol. The van der Waals surface area contributed by atoms with E-state index in [2.05, 4.69) is 12.2 Å². The molecule has 7 rings (SSSR count). The zero-order chi connectivity index (χ0) is 31.3. The summed E-state index contributed by atoms with van der Waals surface area (Å²) < 4.78 is 5.83. The van der Waals surface area contributed by atoms with Crippen LogP contribution in [0.1, 0.15) is 76.2 Å². The van der Waals surface area contributed by atoms with Crippen LogP contribution >= 0.6 is 0 Å². The van der Waals surface area contributed by atoms with Crippen molar-refractivity contribution < 1.29 is 19.1 Å². The monoisotopic (exact) mass is 596 g/mol. The minimum Gasteiger partial charge on any atom is -0.491 e. The van der Waals surface area contributed by atoms with Gasteiger partial charge in [0, 0.05) is 23.0 Å². The summed E-state index contributed by atoms with van der Waals surface area (Å²) in [7, 11) is 0. The van der Waals surface area contributed by atoms with Crippen LogP contribution in [0.25, 0.3) is 6.08 Å². The molecule has 1 spiro atoms. The summed E-state index contributed by atoms with van der Waals surface area (Å²) >= 11 is 0. The molecule has 0 radical (unpaired) electrons. The van der Waals surface area contributed by atoms with Crippen molar-refractivity contribution in [3.05, 3.63) is 137 Å². The molecular weight excluding hydrogens is 560 g/mol. The van der Waals surface area contributed by atoms with Gasteiger partial charge in [0.2, 0.25) is 5.91 Å². The van der Waals surface area contributed by atoms with Crippen molar-refractivity contribution in [3.8, 4) is 5.75 Å². The van der Waals surface area contributed by atoms with Gasteiger partial charge >= 0.3 is 0 Å². The fourth-order valence-corrected chi connectivity index (χ4v) is 7.61. The lowest BCUT2D eigenvalue weighted by Crippen LogP contribution is -2.49. The van der Waals surface area contributed by atoms with Gasteiger partial charge in [-0.2, -0.15) is 0 Å². The number of carbonyl (C=O) groups is 3. The summed E-state index contributed by atoms with van der Waals surface area (Å²) in [4.78, 5) is 46.4. The summed E-state index contributed by atoms with van der Waals surface area (Å²) in [5.74, 6) is -1.03. The molecule has 1 amide bonds. The molecule has 0 unspecified atom stereocenters. The third-order valence-corrected chi connectivity index (χ3v) is 9.41. The molecule has 4 aromatic rings. The topological polar surface area (TPSA) is 75.7 Å². The van der Waals surface area contributed by atoms with Crippen molar-refractivity contribution >= 4 is 29.2 Å². The normalized spacial score (nSPS) is 22.6. The number of benzene rings is 4. The minimum absolute atomic E-state index is 0.00720. The van der Waals surface area contributed by atoms with E-state index in [1.807, 2.05) is 104 Å². The Kier molecular flexibility index (Phi) is 7.16. The number of ether oxygens (including phenoxy) is 1. The van der Waals surface area contributed by atoms with Crippen LogP contribution in [0.4, 0.5) is 5.69 Å². The predicted octanol–water partition coefficient (Wildman–Crippen LogP) is 7.41. The molecule has 0 aliphatic carbocycles. The molecule has 4 aromatic carbocycles. The first-order valence-corrected chi connectivity index (χ1v) is 15.7. The van der Waals surface area contributed by atoms with Crippen LogP contribution in [0, 0.1) is 5.92 Å². The number of fused-ring (bicyclic) bond motifs is 6. The molecule has 1 saturated heterocycles. The summed E-state index contributed by atoms with van der Waals surface area (Å²) in [6, 6.07) is 28.8. The Morgan fingerprint density at radius 3 is 2.27 bits per heavy atom. The number of hydrogen-bond acceptors (Lipinski definition) is 5. The number of ketones is 2. The molecule has 1 N–H and O–H groups in total. The average Bonchev–Trinajstić information content (AvgIpc) is 3.53. The number of carbonyl (C=O) groups excluding carboxylic acids is 3. The molecule has 6 nitrogen and oxygen atoms in total. The van der Waals surface area contributed by atoms with Crippen molar-refractivity contribution in [2.75, 3.05) is 5.32 Å². The second-order valence-corrected chi connectivity index (χ2v) is 12.5. The van der Waals surface area contributed by atoms with E-state index >= 15 is 4.79 Å². The maximum absolute atomic E-state index is 15.0. The summed E-state index contributed by atoms with van der Waals surface area (Å²) in [5.41, 5.74) is 4.05. The molecule has 0 saturated carbocycles. The number of aryl methyl sites for hydroxylation is 1. The molecular formula is C39H36N2O4. The molecule has 3 aliphatic heterocycles. The zero-order valence-electron chi connectivity index (χ0n) is 25.7. The first kappa shape index (κ1) is 28.8. The summed E-state index contributed by atoms with van der Waals surface area (Å²) in [6.07, 6.45) is 5.78. The standard InChI is InChI=1S/C39H36N2O4/c1-4-9-25-14-16-27(17-15-25)35(42)33-34(36(43)28-18-20-29(21-19-28)45-24(2)3)41-23-22-26-10-5-6-11-30(26)37(41)39(33)31-12-7-8-13-32(31)40-38(39)44/h5-8,10-24,33-34,37H,4,9H2,1-3H3,(H,40,44)/t33-,34-,37+,39+/m0/s1. The maximum atomic E-state index is 15.0. The van der Waals surface area contributed by atoms with Gasteiger partial charge in [0.15, 0.2) is 11.6 Å². The SMILES string of the molecule is CCCc1ccc(C(=O)[C@@H]2[C@@H](C(=O)c3ccc(OC(C)C)cc3)N3C=Cc4ccccc4[C@@H]3[C@]23C(=O)Nc2ccccc23)cc1. The highest BCUT2D eigenvalue weighted by atomic mass is 16.5. The van der Waals surface area contributed by atoms with Crippen molar-refractivity contribution in [1.29, 1.82) is 0 Å². The lowest BCUT2D eigenvalue weighted by Gasteiger charge is -2.38. The molecule has 4 atom stereocenters. The smallest absolute Gasteiger partial charge is 0.238 e. The van der Waals surface area contributed by atoms with Gasteiger partial charge in [-0.15, -0.1) is 0 Å². The van der Waals surface area contributed by atoms with Gasteiger partial charge in [-0.25, -0.2) is 0 Å². The first-order chi connectivity index (χ1) is 21.8. The molecule has 0 bridgehead atoms. The molecule has 0 aromatic heterocycles. The summed E-state index contributed by atoms with van der Waals surface area (Å²) in [6.45, 7) is 6.02. The second-order valence-electron chi connectivity index (χ2n) is 12.5. The number of anilines is 1. The van der Waals surface area contributed by atoms with Gasteiger partial charge < -0.3 is 15.0 Å². The maximum Gasteiger partial charge on any atom is 0.238 e. The van der Waals surface area contributed by atoms with Crippen LogP contribution < -0.4 is 10.1 Å². The Labute approximate surface area is 263 Å². The van der Waals surface area contributed by atoms with Gasteiger partial charge in [-0.1, -0.05) is 80.1 Å². The fourth-order valence-electron chi connectivity index (χ4n) is 7.61. The number of rotatable bonds is 8. The molecule has 3 aliphatic rings. The Hall–Kier alpha value is -4.97. The van der Waals surface area contributed by atoms with Gasteiger partial charge in [0.1, 0.15) is 17.2 Å². The fraction of sp³-hybridized carbons (Fsp3) is 0.256. The van der Waals surface area contributed by atoms with Crippen molar-refractivity contribution in [2.24, 2.45) is 5.92 Å². The summed E-state index contributed by atoms with van der Waals surface area (Å²) in [5, 5.41) is 3.11. The molecule has 3 heterocycles. The molecule has 45 heavy (non-hydrogen) atoms. The Bertz CT molecular complexity index is 1820. The van der Waals surface area contributed by atoms with Crippen molar-refractivity contribution in [3.63, 3.8) is 0 Å². The lowest BCUT2D eigenvalue weighted by molar-refractivity contribution is -0.122. The quantitative estimate of drug-likeness (QED) is 0.215. The number of Topliss-reactive ketones (excluding diaryl/α,β-unsaturated/α-hetero) is 2.